The van der Waals surface area contributed by atoms with Crippen molar-refractivity contribution in [1.82, 2.24) is 0 Å². The molecule has 0 aliphatic heterocycles. The third-order valence-electron chi connectivity index (χ3n) is 7.10. The molecule has 0 bridgehead atoms. The van der Waals surface area contributed by atoms with Crippen LogP contribution in [-0.2, 0) is 4.79 Å². The fourth-order valence-electron chi connectivity index (χ4n) is 5.66. The van der Waals surface area contributed by atoms with E-state index in [2.05, 4.69) is 32.9 Å². The van der Waals surface area contributed by atoms with Crippen molar-refractivity contribution in [1.29, 1.82) is 0 Å². The van der Waals surface area contributed by atoms with Crippen LogP contribution in [-0.4, -0.2) is 22.3 Å². The first-order valence-corrected chi connectivity index (χ1v) is 9.03. The summed E-state index contributed by atoms with van der Waals surface area (Å²) in [6.07, 6.45) is 8.49. The molecule has 0 heterocycles. The van der Waals surface area contributed by atoms with E-state index < -0.39 is 11.4 Å². The van der Waals surface area contributed by atoms with E-state index in [-0.39, 0.29) is 23.4 Å². The molecule has 3 aliphatic rings. The molecule has 3 aliphatic carbocycles. The Labute approximate surface area is 139 Å². The number of hydrogen-bond donors (Lipinski definition) is 2. The number of carboxylic acids is 1. The van der Waals surface area contributed by atoms with Gasteiger partial charge in [-0.15, -0.1) is 0 Å². The number of rotatable bonds is 2. The molecular weight excluding hydrogens is 288 g/mol. The molecule has 3 rings (SSSR count). The van der Waals surface area contributed by atoms with Crippen LogP contribution < -0.4 is 0 Å². The van der Waals surface area contributed by atoms with Crippen LogP contribution >= 0.6 is 0 Å². The lowest BCUT2D eigenvalue weighted by atomic mass is 9.46. The van der Waals surface area contributed by atoms with Crippen LogP contribution in [0.2, 0.25) is 0 Å². The van der Waals surface area contributed by atoms with E-state index in [1.165, 1.54) is 5.57 Å². The van der Waals surface area contributed by atoms with Crippen molar-refractivity contribution < 1.29 is 15.0 Å². The van der Waals surface area contributed by atoms with Crippen LogP contribution in [0, 0.1) is 28.6 Å². The Morgan fingerprint density at radius 3 is 2.61 bits per heavy atom. The largest absolute Gasteiger partial charge is 0.481 e. The van der Waals surface area contributed by atoms with E-state index in [4.69, 9.17) is 0 Å². The average Bonchev–Trinajstić information content (AvgIpc) is 2.46. The topological polar surface area (TPSA) is 57.5 Å². The van der Waals surface area contributed by atoms with Gasteiger partial charge in [-0.05, 0) is 66.9 Å². The van der Waals surface area contributed by atoms with Gasteiger partial charge in [0.1, 0.15) is 0 Å². The predicted molar refractivity (Wildman–Crippen MR) is 90.9 cm³/mol. The van der Waals surface area contributed by atoms with E-state index in [1.54, 1.807) is 0 Å². The summed E-state index contributed by atoms with van der Waals surface area (Å²) in [4.78, 5) is 12.0. The molecule has 0 aromatic rings. The fourth-order valence-corrected chi connectivity index (χ4v) is 5.66. The smallest absolute Gasteiger partial charge is 0.309 e. The van der Waals surface area contributed by atoms with Crippen molar-refractivity contribution in [2.24, 2.45) is 28.6 Å². The van der Waals surface area contributed by atoms with Crippen molar-refractivity contribution in [3.63, 3.8) is 0 Å². The van der Waals surface area contributed by atoms with Gasteiger partial charge in [0.2, 0.25) is 0 Å². The molecule has 0 amide bonds. The first kappa shape index (κ1) is 16.8. The Hall–Kier alpha value is -1.09. The van der Waals surface area contributed by atoms with Gasteiger partial charge in [0, 0.05) is 0 Å². The third kappa shape index (κ3) is 2.39. The van der Waals surface area contributed by atoms with Gasteiger partial charge in [-0.2, -0.15) is 0 Å². The van der Waals surface area contributed by atoms with E-state index in [0.29, 0.717) is 5.92 Å². The van der Waals surface area contributed by atoms with Crippen molar-refractivity contribution >= 4 is 5.97 Å². The molecule has 0 radical (unpaired) electrons. The summed E-state index contributed by atoms with van der Waals surface area (Å²) in [6.45, 7) is 8.47. The number of allylic oxidation sites excluding steroid dienone is 3. The molecule has 3 nitrogen and oxygen atoms in total. The standard InChI is InChI=1S/C20H30O3/c1-12(2)14-10-13-6-7-17-19(3,15(13)11-16(14)21)8-5-9-20(17,4)18(22)23/h6,10,12,15-17,21H,5,7-9,11H2,1-4H3,(H,22,23)/t15-,16+,17+,19-,20-/m1/s1. The minimum absolute atomic E-state index is 0.0184. The van der Waals surface area contributed by atoms with Crippen LogP contribution in [0.4, 0.5) is 0 Å². The molecule has 1 saturated carbocycles. The van der Waals surface area contributed by atoms with Gasteiger partial charge in [-0.1, -0.05) is 39.3 Å². The summed E-state index contributed by atoms with van der Waals surface area (Å²) < 4.78 is 0. The van der Waals surface area contributed by atoms with Crippen molar-refractivity contribution in [3.8, 4) is 0 Å². The summed E-state index contributed by atoms with van der Waals surface area (Å²) in [6, 6.07) is 0. The Balaban J connectivity index is 2.03. The molecule has 0 saturated heterocycles. The molecule has 3 heteroatoms. The van der Waals surface area contributed by atoms with Gasteiger partial charge in [0.15, 0.2) is 0 Å². The second-order valence-electron chi connectivity index (χ2n) is 8.68. The maximum atomic E-state index is 12.0. The van der Waals surface area contributed by atoms with Gasteiger partial charge in [-0.25, -0.2) is 0 Å². The Morgan fingerprint density at radius 2 is 2.00 bits per heavy atom. The minimum atomic E-state index is -0.653. The van der Waals surface area contributed by atoms with Crippen molar-refractivity contribution in [2.75, 3.05) is 0 Å². The summed E-state index contributed by atoms with van der Waals surface area (Å²) in [5.74, 6) is 0.155. The first-order chi connectivity index (χ1) is 10.7. The van der Waals surface area contributed by atoms with Gasteiger partial charge in [0.05, 0.1) is 11.5 Å². The van der Waals surface area contributed by atoms with E-state index in [9.17, 15) is 15.0 Å². The first-order valence-electron chi connectivity index (χ1n) is 9.03. The quantitative estimate of drug-likeness (QED) is 0.803. The number of fused-ring (bicyclic) bond motifs is 3. The molecule has 5 atom stereocenters. The fraction of sp³-hybridized carbons (Fsp3) is 0.750. The van der Waals surface area contributed by atoms with E-state index >= 15 is 0 Å². The highest BCUT2D eigenvalue weighted by Gasteiger charge is 2.57. The number of aliphatic hydroxyl groups is 1. The Kier molecular flexibility index (Phi) is 3.99. The number of hydrogen-bond acceptors (Lipinski definition) is 2. The van der Waals surface area contributed by atoms with E-state index in [1.807, 2.05) is 6.92 Å². The third-order valence-corrected chi connectivity index (χ3v) is 7.10. The zero-order valence-electron chi connectivity index (χ0n) is 14.8. The molecule has 128 valence electrons. The Bertz CT molecular complexity index is 573. The van der Waals surface area contributed by atoms with Gasteiger partial charge >= 0.3 is 5.97 Å². The number of aliphatic hydroxyl groups excluding tert-OH is 1. The van der Waals surface area contributed by atoms with Crippen molar-refractivity contribution in [2.45, 2.75) is 65.9 Å². The lowest BCUT2D eigenvalue weighted by Gasteiger charge is -2.57. The molecular formula is C20H30O3. The second-order valence-corrected chi connectivity index (χ2v) is 8.68. The number of aliphatic carboxylic acids is 1. The molecule has 0 unspecified atom stereocenters. The van der Waals surface area contributed by atoms with Gasteiger partial charge < -0.3 is 10.2 Å². The lowest BCUT2D eigenvalue weighted by molar-refractivity contribution is -0.162. The maximum absolute atomic E-state index is 12.0. The van der Waals surface area contributed by atoms with E-state index in [0.717, 1.165) is 37.7 Å². The van der Waals surface area contributed by atoms with Crippen LogP contribution in [0.5, 0.6) is 0 Å². The van der Waals surface area contributed by atoms with Crippen LogP contribution in [0.3, 0.4) is 0 Å². The normalized spacial score (nSPS) is 43.3. The zero-order chi connectivity index (χ0) is 17.0. The van der Waals surface area contributed by atoms with Gasteiger partial charge in [-0.3, -0.25) is 4.79 Å². The molecule has 0 aromatic heterocycles. The highest BCUT2D eigenvalue weighted by Crippen LogP contribution is 2.62. The average molecular weight is 318 g/mol. The van der Waals surface area contributed by atoms with Crippen LogP contribution in [0.15, 0.2) is 23.3 Å². The predicted octanol–water partition coefficient (Wildman–Crippen LogP) is 4.18. The summed E-state index contributed by atoms with van der Waals surface area (Å²) in [5.41, 5.74) is 1.82. The van der Waals surface area contributed by atoms with Crippen molar-refractivity contribution in [3.05, 3.63) is 23.3 Å². The SMILES string of the molecule is CC(C)C1=CC2=CC[C@H]3[C@](C)(CCC[C@@]3(C)C(=O)O)[C@@H]2C[C@@H]1O. The highest BCUT2D eigenvalue weighted by molar-refractivity contribution is 5.75. The lowest BCUT2D eigenvalue weighted by Crippen LogP contribution is -2.53. The molecule has 2 N–H and O–H groups in total. The molecule has 0 spiro atoms. The highest BCUT2D eigenvalue weighted by atomic mass is 16.4. The summed E-state index contributed by atoms with van der Waals surface area (Å²) in [5, 5.41) is 20.4. The Morgan fingerprint density at radius 1 is 1.30 bits per heavy atom. The molecule has 23 heavy (non-hydrogen) atoms. The summed E-state index contributed by atoms with van der Waals surface area (Å²) in [7, 11) is 0. The van der Waals surface area contributed by atoms with Crippen LogP contribution in [0.1, 0.15) is 59.8 Å². The second kappa shape index (κ2) is 5.47. The number of carbonyl (C=O) groups is 1. The number of carboxylic acid groups (broad SMARTS) is 1. The van der Waals surface area contributed by atoms with Crippen LogP contribution in [0.25, 0.3) is 0 Å². The zero-order valence-corrected chi connectivity index (χ0v) is 14.8. The summed E-state index contributed by atoms with van der Waals surface area (Å²) >= 11 is 0. The van der Waals surface area contributed by atoms with Gasteiger partial charge in [0.25, 0.3) is 0 Å². The molecule has 1 fully saturated rings. The monoisotopic (exact) mass is 318 g/mol. The maximum Gasteiger partial charge on any atom is 0.309 e. The molecule has 0 aromatic carbocycles. The minimum Gasteiger partial charge on any atom is -0.481 e.